The topological polar surface area (TPSA) is 80.3 Å². The second-order valence-electron chi connectivity index (χ2n) is 5.96. The smallest absolute Gasteiger partial charge is 0.257 e. The van der Waals surface area contributed by atoms with E-state index in [4.69, 9.17) is 4.52 Å². The summed E-state index contributed by atoms with van der Waals surface area (Å²) in [5, 5.41) is 8.12. The minimum Gasteiger partial charge on any atom is -0.338 e. The number of hydrogen-bond acceptors (Lipinski definition) is 6. The van der Waals surface area contributed by atoms with E-state index in [0.717, 1.165) is 44.8 Å². The number of carbonyl (C=O) groups is 1. The van der Waals surface area contributed by atoms with Gasteiger partial charge in [-0.05, 0) is 13.3 Å². The van der Waals surface area contributed by atoms with Gasteiger partial charge in [0.2, 0.25) is 5.89 Å². The lowest BCUT2D eigenvalue weighted by Crippen LogP contribution is -2.35. The molecule has 0 bridgehead atoms. The van der Waals surface area contributed by atoms with Crippen LogP contribution in [0.15, 0.2) is 16.9 Å². The van der Waals surface area contributed by atoms with Gasteiger partial charge in [-0.3, -0.25) is 14.4 Å². The first-order valence-corrected chi connectivity index (χ1v) is 8.55. The van der Waals surface area contributed by atoms with Crippen molar-refractivity contribution in [3.05, 3.63) is 29.7 Å². The molecule has 8 nitrogen and oxygen atoms in total. The fraction of sp³-hybridized carbons (Fsp3) is 0.625. The summed E-state index contributed by atoms with van der Waals surface area (Å²) < 4.78 is 7.04. The summed E-state index contributed by atoms with van der Waals surface area (Å²) in [6.45, 7) is 8.60. The first kappa shape index (κ1) is 16.6. The lowest BCUT2D eigenvalue weighted by Gasteiger charge is -2.20. The highest BCUT2D eigenvalue weighted by Crippen LogP contribution is 2.11. The predicted octanol–water partition coefficient (Wildman–Crippen LogP) is 1.20. The molecule has 2 aromatic rings. The molecule has 130 valence electrons. The highest BCUT2D eigenvalue weighted by atomic mass is 16.5. The molecule has 1 amide bonds. The quantitative estimate of drug-likeness (QED) is 0.818. The Morgan fingerprint density at radius 3 is 2.83 bits per heavy atom. The van der Waals surface area contributed by atoms with Crippen LogP contribution < -0.4 is 0 Å². The summed E-state index contributed by atoms with van der Waals surface area (Å²) in [4.78, 5) is 21.1. The Balaban J connectivity index is 1.57. The van der Waals surface area contributed by atoms with Crippen molar-refractivity contribution in [2.75, 3.05) is 26.2 Å². The van der Waals surface area contributed by atoms with Crippen LogP contribution >= 0.6 is 0 Å². The van der Waals surface area contributed by atoms with E-state index >= 15 is 0 Å². The first-order valence-electron chi connectivity index (χ1n) is 8.55. The molecular weight excluding hydrogens is 308 g/mol. The Hall–Kier alpha value is -2.22. The summed E-state index contributed by atoms with van der Waals surface area (Å²) in [7, 11) is 0. The zero-order valence-corrected chi connectivity index (χ0v) is 14.3. The number of aromatic nitrogens is 4. The van der Waals surface area contributed by atoms with Gasteiger partial charge in [-0.15, -0.1) is 0 Å². The number of aryl methyl sites for hydroxylation is 2. The molecule has 0 radical (unpaired) electrons. The largest absolute Gasteiger partial charge is 0.338 e. The fourth-order valence-electron chi connectivity index (χ4n) is 2.85. The summed E-state index contributed by atoms with van der Waals surface area (Å²) in [5.41, 5.74) is 0.662. The second-order valence-corrected chi connectivity index (χ2v) is 5.96. The average molecular weight is 332 g/mol. The van der Waals surface area contributed by atoms with Gasteiger partial charge in [0.25, 0.3) is 5.91 Å². The van der Waals surface area contributed by atoms with Crippen molar-refractivity contribution in [3.8, 4) is 0 Å². The zero-order chi connectivity index (χ0) is 16.9. The SMILES string of the molecule is CCc1noc(CN2CCCN(C(=O)c3cnn(CC)c3)CC2)n1. The third kappa shape index (κ3) is 3.81. The van der Waals surface area contributed by atoms with Gasteiger partial charge in [0.1, 0.15) is 0 Å². The summed E-state index contributed by atoms with van der Waals surface area (Å²) in [5.74, 6) is 1.45. The van der Waals surface area contributed by atoms with Crippen LogP contribution in [0.1, 0.15) is 42.3 Å². The maximum Gasteiger partial charge on any atom is 0.257 e. The minimum absolute atomic E-state index is 0.0580. The maximum atomic E-state index is 12.6. The lowest BCUT2D eigenvalue weighted by molar-refractivity contribution is 0.0760. The second kappa shape index (κ2) is 7.57. The van der Waals surface area contributed by atoms with Crippen LogP contribution in [0, 0.1) is 0 Å². The van der Waals surface area contributed by atoms with Gasteiger partial charge < -0.3 is 9.42 Å². The fourth-order valence-corrected chi connectivity index (χ4v) is 2.85. The Kier molecular flexibility index (Phi) is 5.24. The molecule has 0 unspecified atom stereocenters. The Bertz CT molecular complexity index is 680. The number of amides is 1. The highest BCUT2D eigenvalue weighted by molar-refractivity contribution is 5.93. The van der Waals surface area contributed by atoms with Crippen molar-refractivity contribution in [1.82, 2.24) is 29.7 Å². The molecule has 1 aliphatic heterocycles. The standard InChI is InChI=1S/C16H24N6O2/c1-3-14-18-15(24-19-14)12-20-6-5-7-21(9-8-20)16(23)13-10-17-22(4-2)11-13/h10-11H,3-9,12H2,1-2H3. The van der Waals surface area contributed by atoms with Crippen LogP contribution in [0.5, 0.6) is 0 Å². The van der Waals surface area contributed by atoms with Crippen molar-refractivity contribution in [2.45, 2.75) is 39.8 Å². The normalized spacial score (nSPS) is 16.3. The average Bonchev–Trinajstić information content (AvgIpc) is 3.20. The van der Waals surface area contributed by atoms with Crippen molar-refractivity contribution in [1.29, 1.82) is 0 Å². The van der Waals surface area contributed by atoms with E-state index in [9.17, 15) is 4.79 Å². The van der Waals surface area contributed by atoms with E-state index < -0.39 is 0 Å². The van der Waals surface area contributed by atoms with Gasteiger partial charge in [0.05, 0.1) is 18.3 Å². The molecule has 0 N–H and O–H groups in total. The predicted molar refractivity (Wildman–Crippen MR) is 87.4 cm³/mol. The summed E-state index contributed by atoms with van der Waals surface area (Å²) in [6, 6.07) is 0. The lowest BCUT2D eigenvalue weighted by atomic mass is 10.3. The van der Waals surface area contributed by atoms with Gasteiger partial charge >= 0.3 is 0 Å². The molecule has 2 aromatic heterocycles. The van der Waals surface area contributed by atoms with Crippen molar-refractivity contribution in [3.63, 3.8) is 0 Å². The van der Waals surface area contributed by atoms with Crippen LogP contribution in [-0.4, -0.2) is 61.8 Å². The van der Waals surface area contributed by atoms with Gasteiger partial charge in [-0.2, -0.15) is 10.1 Å². The minimum atomic E-state index is 0.0580. The van der Waals surface area contributed by atoms with Gasteiger partial charge in [0, 0.05) is 45.3 Å². The first-order chi connectivity index (χ1) is 11.7. The third-order valence-corrected chi connectivity index (χ3v) is 4.27. The molecule has 3 heterocycles. The number of rotatable bonds is 5. The molecule has 0 spiro atoms. The third-order valence-electron chi connectivity index (χ3n) is 4.27. The molecule has 24 heavy (non-hydrogen) atoms. The van der Waals surface area contributed by atoms with Crippen LogP contribution in [0.25, 0.3) is 0 Å². The van der Waals surface area contributed by atoms with Gasteiger partial charge in [-0.25, -0.2) is 0 Å². The van der Waals surface area contributed by atoms with Crippen molar-refractivity contribution < 1.29 is 9.32 Å². The van der Waals surface area contributed by atoms with Crippen molar-refractivity contribution in [2.24, 2.45) is 0 Å². The molecule has 1 aliphatic rings. The summed E-state index contributed by atoms with van der Waals surface area (Å²) in [6.07, 6.45) is 5.18. The molecule has 0 aliphatic carbocycles. The zero-order valence-electron chi connectivity index (χ0n) is 14.3. The Labute approximate surface area is 141 Å². The van der Waals surface area contributed by atoms with Crippen LogP contribution in [0.4, 0.5) is 0 Å². The molecule has 0 atom stereocenters. The molecule has 0 aromatic carbocycles. The van der Waals surface area contributed by atoms with E-state index in [1.807, 2.05) is 24.9 Å². The maximum absolute atomic E-state index is 12.6. The summed E-state index contributed by atoms with van der Waals surface area (Å²) >= 11 is 0. The monoisotopic (exact) mass is 332 g/mol. The van der Waals surface area contributed by atoms with E-state index in [1.165, 1.54) is 0 Å². The number of hydrogen-bond donors (Lipinski definition) is 0. The number of carbonyl (C=O) groups excluding carboxylic acids is 1. The van der Waals surface area contributed by atoms with Crippen molar-refractivity contribution >= 4 is 5.91 Å². The van der Waals surface area contributed by atoms with Gasteiger partial charge in [0.15, 0.2) is 5.82 Å². The van der Waals surface area contributed by atoms with Gasteiger partial charge in [-0.1, -0.05) is 12.1 Å². The van der Waals surface area contributed by atoms with E-state index in [2.05, 4.69) is 20.1 Å². The molecule has 1 fully saturated rings. The molecule has 0 saturated carbocycles. The van der Waals surface area contributed by atoms with E-state index in [-0.39, 0.29) is 5.91 Å². The molecule has 3 rings (SSSR count). The van der Waals surface area contributed by atoms with Crippen LogP contribution in [-0.2, 0) is 19.5 Å². The molecule has 8 heteroatoms. The van der Waals surface area contributed by atoms with E-state index in [1.54, 1.807) is 10.9 Å². The Morgan fingerprint density at radius 1 is 1.25 bits per heavy atom. The highest BCUT2D eigenvalue weighted by Gasteiger charge is 2.22. The molecular formula is C16H24N6O2. The molecule has 1 saturated heterocycles. The number of nitrogens with zero attached hydrogens (tertiary/aromatic N) is 6. The van der Waals surface area contributed by atoms with E-state index in [0.29, 0.717) is 24.5 Å². The Morgan fingerprint density at radius 2 is 2.12 bits per heavy atom. The van der Waals surface area contributed by atoms with Crippen LogP contribution in [0.3, 0.4) is 0 Å². The van der Waals surface area contributed by atoms with Crippen LogP contribution in [0.2, 0.25) is 0 Å².